The summed E-state index contributed by atoms with van der Waals surface area (Å²) in [7, 11) is 0. The predicted molar refractivity (Wildman–Crippen MR) is 233 cm³/mol. The van der Waals surface area contributed by atoms with Crippen LogP contribution in [0.2, 0.25) is 0 Å². The summed E-state index contributed by atoms with van der Waals surface area (Å²) in [6.07, 6.45) is 10.9. The minimum absolute atomic E-state index is 0.0332. The van der Waals surface area contributed by atoms with Crippen molar-refractivity contribution in [2.45, 2.75) is 125 Å². The maximum atomic E-state index is 13.1. The Morgan fingerprint density at radius 3 is 2.15 bits per heavy atom. The molecular weight excluding hydrogens is 823 g/mol. The molecule has 61 heavy (non-hydrogen) atoms. The monoisotopic (exact) mass is 883 g/mol. The van der Waals surface area contributed by atoms with Gasteiger partial charge in [-0.1, -0.05) is 37.5 Å². The van der Waals surface area contributed by atoms with Gasteiger partial charge >= 0.3 is 0 Å². The highest BCUT2D eigenvalue weighted by molar-refractivity contribution is 8.00. The van der Waals surface area contributed by atoms with E-state index in [1.165, 1.54) is 33.3 Å². The maximum absolute atomic E-state index is 13.1. The minimum Gasteiger partial charge on any atom is -0.356 e. The van der Waals surface area contributed by atoms with E-state index in [0.717, 1.165) is 38.5 Å². The number of para-hydroxylation sites is 1. The lowest BCUT2D eigenvalue weighted by Gasteiger charge is -2.28. The molecule has 334 valence electrons. The zero-order valence-corrected chi connectivity index (χ0v) is 36.7. The summed E-state index contributed by atoms with van der Waals surface area (Å²) in [5.41, 5.74) is 0.620. The van der Waals surface area contributed by atoms with Crippen LogP contribution in [0.5, 0.6) is 0 Å². The quantitative estimate of drug-likeness (QED) is 0.0751. The van der Waals surface area contributed by atoms with E-state index < -0.39 is 17.3 Å². The number of rotatable bonds is 24. The van der Waals surface area contributed by atoms with Crippen molar-refractivity contribution < 1.29 is 43.2 Å². The third-order valence-electron chi connectivity index (χ3n) is 11.9. The summed E-state index contributed by atoms with van der Waals surface area (Å²) in [6.45, 7) is 1.34. The van der Waals surface area contributed by atoms with Crippen LogP contribution in [0, 0.1) is 11.8 Å². The number of amides is 9. The molecule has 0 radical (unpaired) electrons. The lowest BCUT2D eigenvalue weighted by molar-refractivity contribution is -0.140. The first-order chi connectivity index (χ1) is 29.4. The van der Waals surface area contributed by atoms with Gasteiger partial charge in [0.2, 0.25) is 53.2 Å². The van der Waals surface area contributed by atoms with Crippen molar-refractivity contribution in [1.82, 2.24) is 31.1 Å². The van der Waals surface area contributed by atoms with Crippen molar-refractivity contribution >= 4 is 82.4 Å². The molecule has 4 aliphatic rings. The first-order valence-corrected chi connectivity index (χ1v) is 24.1. The number of likely N-dealkylation sites (tertiary alicyclic amines) is 2. The molecule has 3 saturated heterocycles. The topological polar surface area (TPSA) is 220 Å². The molecule has 3 heterocycles. The smallest absolute Gasteiger partial charge is 0.246 e. The van der Waals surface area contributed by atoms with Gasteiger partial charge in [0.05, 0.1) is 10.5 Å². The van der Waals surface area contributed by atoms with Gasteiger partial charge in [-0.3, -0.25) is 53.0 Å². The van der Waals surface area contributed by atoms with Crippen LogP contribution < -0.4 is 26.6 Å². The SMILES string of the molecule is CSC1CC(=O)N(CCNC(=O)C2CCC(CNC(=O)CCCCCN3C(=O)CC(SCCCCC[C@H](NC(=O)[C@H]4CCC(=O)N4)C(=O)Nc4ccccc4)C3=O)CC2)C1=O. The third-order valence-corrected chi connectivity index (χ3v) is 14.1. The van der Waals surface area contributed by atoms with Crippen molar-refractivity contribution in [3.63, 3.8) is 0 Å². The summed E-state index contributed by atoms with van der Waals surface area (Å²) in [4.78, 5) is 115. The molecule has 1 saturated carbocycles. The highest BCUT2D eigenvalue weighted by atomic mass is 32.2. The molecule has 5 rings (SSSR count). The number of hydrogen-bond donors (Lipinski definition) is 5. The molecule has 1 aliphatic carbocycles. The molecule has 5 N–H and O–H groups in total. The number of hydrogen-bond acceptors (Lipinski definition) is 11. The van der Waals surface area contributed by atoms with Crippen molar-refractivity contribution in [3.8, 4) is 0 Å². The first kappa shape index (κ1) is 47.6. The highest BCUT2D eigenvalue weighted by Crippen LogP contribution is 2.29. The van der Waals surface area contributed by atoms with E-state index in [9.17, 15) is 43.2 Å². The fraction of sp³-hybridized carbons (Fsp3) is 0.651. The molecule has 4 atom stereocenters. The van der Waals surface area contributed by atoms with Gasteiger partial charge in [-0.25, -0.2) is 0 Å². The number of thioether (sulfide) groups is 2. The second kappa shape index (κ2) is 24.3. The van der Waals surface area contributed by atoms with Crippen LogP contribution in [0.3, 0.4) is 0 Å². The van der Waals surface area contributed by atoms with Crippen LogP contribution in [-0.4, -0.2) is 124 Å². The van der Waals surface area contributed by atoms with Gasteiger partial charge in [-0.15, -0.1) is 11.8 Å². The summed E-state index contributed by atoms with van der Waals surface area (Å²) < 4.78 is 0. The standard InChI is InChI=1S/C43H61N7O9S2/c1-60-33-25-37(53)50(42(33)58)23-21-44-39(55)29-17-15-28(16-18-29)27-45-35(51)14-8-3-9-22-49-38(54)26-34(43(49)59)61-24-10-4-7-13-31(40(56)46-30-11-5-2-6-12-30)48-41(57)32-19-20-36(52)47-32/h2,5-6,11-12,28-29,31-34H,3-4,7-10,13-27H2,1H3,(H,44,55)(H,45,51)(H,46,56)(H,47,52)(H,48,57)/t28?,29?,31-,32+,33?,34?/m0/s1. The molecule has 0 aromatic heterocycles. The Hall–Kier alpha value is -4.45. The Labute approximate surface area is 366 Å². The van der Waals surface area contributed by atoms with Crippen LogP contribution in [0.4, 0.5) is 5.69 Å². The number of carbonyl (C=O) groups excluding carboxylic acids is 9. The van der Waals surface area contributed by atoms with Gasteiger partial charge < -0.3 is 26.6 Å². The number of unbranched alkanes of at least 4 members (excludes halogenated alkanes) is 4. The molecule has 16 nitrogen and oxygen atoms in total. The molecule has 1 aromatic rings. The molecule has 0 bridgehead atoms. The first-order valence-electron chi connectivity index (χ1n) is 21.8. The Balaban J connectivity index is 0.887. The average molecular weight is 884 g/mol. The summed E-state index contributed by atoms with van der Waals surface area (Å²) in [5, 5.41) is 13.5. The molecule has 3 aliphatic heterocycles. The van der Waals surface area contributed by atoms with E-state index in [1.54, 1.807) is 24.3 Å². The molecule has 18 heteroatoms. The maximum Gasteiger partial charge on any atom is 0.246 e. The van der Waals surface area contributed by atoms with Gasteiger partial charge in [0.15, 0.2) is 0 Å². The van der Waals surface area contributed by atoms with Crippen molar-refractivity contribution in [2.75, 3.05) is 43.5 Å². The molecule has 9 amide bonds. The van der Waals surface area contributed by atoms with Gasteiger partial charge in [0.25, 0.3) is 0 Å². The van der Waals surface area contributed by atoms with Crippen LogP contribution in [0.25, 0.3) is 0 Å². The Morgan fingerprint density at radius 2 is 1.46 bits per heavy atom. The summed E-state index contributed by atoms with van der Waals surface area (Å²) in [6, 6.07) is 7.56. The van der Waals surface area contributed by atoms with Gasteiger partial charge in [0.1, 0.15) is 12.1 Å². The lowest BCUT2D eigenvalue weighted by atomic mass is 9.81. The molecule has 0 spiro atoms. The minimum atomic E-state index is -0.773. The van der Waals surface area contributed by atoms with Crippen LogP contribution in [0.15, 0.2) is 30.3 Å². The Kier molecular flexibility index (Phi) is 18.9. The van der Waals surface area contributed by atoms with Crippen molar-refractivity contribution in [2.24, 2.45) is 11.8 Å². The number of nitrogens with zero attached hydrogens (tertiary/aromatic N) is 2. The number of carbonyl (C=O) groups is 9. The van der Waals surface area contributed by atoms with Crippen LogP contribution >= 0.6 is 23.5 Å². The molecule has 2 unspecified atom stereocenters. The van der Waals surface area contributed by atoms with Crippen LogP contribution in [-0.2, 0) is 43.2 Å². The van der Waals surface area contributed by atoms with E-state index in [0.29, 0.717) is 75.4 Å². The molecule has 4 fully saturated rings. The summed E-state index contributed by atoms with van der Waals surface area (Å²) >= 11 is 2.84. The van der Waals surface area contributed by atoms with Crippen molar-refractivity contribution in [1.29, 1.82) is 0 Å². The van der Waals surface area contributed by atoms with Crippen LogP contribution in [0.1, 0.15) is 103 Å². The normalized spacial score (nSPS) is 23.2. The second-order valence-corrected chi connectivity index (χ2v) is 18.7. The van der Waals surface area contributed by atoms with E-state index in [4.69, 9.17) is 0 Å². The van der Waals surface area contributed by atoms with E-state index >= 15 is 0 Å². The zero-order valence-electron chi connectivity index (χ0n) is 35.1. The summed E-state index contributed by atoms with van der Waals surface area (Å²) in [5.74, 6) is -0.840. The number of imide groups is 2. The lowest BCUT2D eigenvalue weighted by Crippen LogP contribution is -2.50. The van der Waals surface area contributed by atoms with E-state index in [1.807, 2.05) is 12.3 Å². The Bertz CT molecular complexity index is 1740. The molecule has 1 aromatic carbocycles. The van der Waals surface area contributed by atoms with Crippen molar-refractivity contribution in [3.05, 3.63) is 30.3 Å². The third kappa shape index (κ3) is 14.6. The second-order valence-electron chi connectivity index (χ2n) is 16.3. The van der Waals surface area contributed by atoms with E-state index in [2.05, 4.69) is 26.6 Å². The van der Waals surface area contributed by atoms with Gasteiger partial charge in [-0.05, 0) is 87.8 Å². The Morgan fingerprint density at radius 1 is 0.770 bits per heavy atom. The predicted octanol–water partition coefficient (Wildman–Crippen LogP) is 2.90. The highest BCUT2D eigenvalue weighted by Gasteiger charge is 2.39. The molecular formula is C43H61N7O9S2. The van der Waals surface area contributed by atoms with Gasteiger partial charge in [-0.2, -0.15) is 11.8 Å². The average Bonchev–Trinajstić information content (AvgIpc) is 3.90. The fourth-order valence-corrected chi connectivity index (χ4v) is 10.0. The zero-order chi connectivity index (χ0) is 43.7. The van der Waals surface area contributed by atoms with E-state index in [-0.39, 0.29) is 96.7 Å². The fourth-order valence-electron chi connectivity index (χ4n) is 8.19. The number of anilines is 1. The number of benzene rings is 1. The number of nitrogens with one attached hydrogen (secondary N) is 5. The van der Waals surface area contributed by atoms with Gasteiger partial charge in [0, 0.05) is 63.5 Å². The largest absolute Gasteiger partial charge is 0.356 e.